The van der Waals surface area contributed by atoms with Crippen LogP contribution in [-0.2, 0) is 19.1 Å². The lowest BCUT2D eigenvalue weighted by Gasteiger charge is -2.18. The molecule has 1 heterocycles. The molecule has 0 fully saturated rings. The molecule has 0 saturated carbocycles. The largest absolute Gasteiger partial charge is 0.466 e. The average molecular weight is 301 g/mol. The van der Waals surface area contributed by atoms with Gasteiger partial charge in [-0.15, -0.1) is 0 Å². The molecule has 0 unspecified atom stereocenters. The van der Waals surface area contributed by atoms with Crippen molar-refractivity contribution in [2.24, 2.45) is 4.99 Å². The molecule has 1 aromatic carbocycles. The first-order valence-corrected chi connectivity index (χ1v) is 6.50. The van der Waals surface area contributed by atoms with Gasteiger partial charge in [-0.05, 0) is 36.8 Å². The van der Waals surface area contributed by atoms with Gasteiger partial charge in [0, 0.05) is 6.08 Å². The van der Waals surface area contributed by atoms with Crippen LogP contribution < -0.4 is 4.74 Å². The summed E-state index contributed by atoms with van der Waals surface area (Å²) in [7, 11) is 2.59. The van der Waals surface area contributed by atoms with Gasteiger partial charge < -0.3 is 14.2 Å². The smallest absolute Gasteiger partial charge is 0.360 e. The Hall–Kier alpha value is -2.89. The third kappa shape index (κ3) is 3.22. The molecule has 0 saturated heterocycles. The number of esters is 2. The molecule has 0 N–H and O–H groups in total. The maximum Gasteiger partial charge on any atom is 0.360 e. The number of benzene rings is 1. The molecule has 0 spiro atoms. The Morgan fingerprint density at radius 2 is 2.00 bits per heavy atom. The number of allylic oxidation sites excluding steroid dienone is 1. The summed E-state index contributed by atoms with van der Waals surface area (Å²) in [5.41, 5.74) is 1.31. The Bertz CT molecular complexity index is 700. The van der Waals surface area contributed by atoms with Gasteiger partial charge in [0.15, 0.2) is 17.2 Å². The highest BCUT2D eigenvalue weighted by atomic mass is 16.5. The Kier molecular flexibility index (Phi) is 4.73. The molecule has 2 rings (SSSR count). The van der Waals surface area contributed by atoms with E-state index in [1.54, 1.807) is 37.3 Å². The number of aliphatic imine (C=N–C) groups is 1. The van der Waals surface area contributed by atoms with E-state index in [0.29, 0.717) is 17.2 Å². The van der Waals surface area contributed by atoms with Crippen molar-refractivity contribution in [1.29, 1.82) is 0 Å². The molecule has 0 bridgehead atoms. The zero-order valence-corrected chi connectivity index (χ0v) is 12.5. The number of carbonyl (C=O) groups is 2. The van der Waals surface area contributed by atoms with Crippen LogP contribution in [0.1, 0.15) is 12.5 Å². The van der Waals surface area contributed by atoms with Crippen molar-refractivity contribution in [3.63, 3.8) is 0 Å². The van der Waals surface area contributed by atoms with Crippen LogP contribution in [0.15, 0.2) is 41.1 Å². The van der Waals surface area contributed by atoms with Crippen molar-refractivity contribution in [2.45, 2.75) is 6.92 Å². The van der Waals surface area contributed by atoms with Gasteiger partial charge in [0.05, 0.1) is 14.2 Å². The fraction of sp³-hybridized carbons (Fsp3) is 0.188. The van der Waals surface area contributed by atoms with E-state index in [9.17, 15) is 9.59 Å². The quantitative estimate of drug-likeness (QED) is 0.633. The Balaban J connectivity index is 2.39. The third-order valence-corrected chi connectivity index (χ3v) is 2.92. The van der Waals surface area contributed by atoms with Crippen LogP contribution in [0, 0.1) is 0 Å². The molecule has 0 atom stereocenters. The summed E-state index contributed by atoms with van der Waals surface area (Å²) < 4.78 is 14.9. The van der Waals surface area contributed by atoms with Crippen molar-refractivity contribution < 1.29 is 23.8 Å². The minimum Gasteiger partial charge on any atom is -0.466 e. The molecule has 1 aliphatic rings. The lowest BCUT2D eigenvalue weighted by atomic mass is 10.1. The van der Waals surface area contributed by atoms with E-state index >= 15 is 0 Å². The molecule has 0 radical (unpaired) electrons. The molecule has 6 nitrogen and oxygen atoms in total. The Morgan fingerprint density at radius 3 is 2.64 bits per heavy atom. The molecular formula is C16H15NO5. The molecule has 22 heavy (non-hydrogen) atoms. The van der Waals surface area contributed by atoms with Crippen molar-refractivity contribution in [1.82, 2.24) is 0 Å². The zero-order valence-electron chi connectivity index (χ0n) is 12.5. The van der Waals surface area contributed by atoms with E-state index in [0.717, 1.165) is 5.56 Å². The van der Waals surface area contributed by atoms with Crippen LogP contribution in [-0.4, -0.2) is 31.9 Å². The topological polar surface area (TPSA) is 74.2 Å². The van der Waals surface area contributed by atoms with Crippen LogP contribution in [0.5, 0.6) is 5.75 Å². The number of carbonyl (C=O) groups excluding carboxylic acids is 2. The van der Waals surface area contributed by atoms with E-state index < -0.39 is 11.9 Å². The second kappa shape index (κ2) is 6.71. The number of methoxy groups -OCH3 is 2. The third-order valence-electron chi connectivity index (χ3n) is 2.92. The Morgan fingerprint density at radius 1 is 1.23 bits per heavy atom. The average Bonchev–Trinajstić information content (AvgIpc) is 2.57. The van der Waals surface area contributed by atoms with Crippen molar-refractivity contribution in [3.8, 4) is 5.75 Å². The van der Waals surface area contributed by atoms with Gasteiger partial charge in [0.25, 0.3) is 0 Å². The SMILES string of the molecule is C/C=C1/Oc2ccc(/C=C/C(=O)OC)cc2N=C1C(=O)OC. The highest BCUT2D eigenvalue weighted by molar-refractivity contribution is 6.43. The summed E-state index contributed by atoms with van der Waals surface area (Å²) in [5, 5.41) is 0. The van der Waals surface area contributed by atoms with Crippen molar-refractivity contribution in [2.75, 3.05) is 14.2 Å². The molecule has 0 aromatic heterocycles. The maximum absolute atomic E-state index is 11.7. The number of ether oxygens (including phenoxy) is 3. The Labute approximate surface area is 127 Å². The van der Waals surface area contributed by atoms with Gasteiger partial charge in [-0.2, -0.15) is 0 Å². The zero-order chi connectivity index (χ0) is 16.1. The first-order chi connectivity index (χ1) is 10.6. The molecule has 114 valence electrons. The van der Waals surface area contributed by atoms with Crippen LogP contribution in [0.25, 0.3) is 6.08 Å². The van der Waals surface area contributed by atoms with Crippen LogP contribution >= 0.6 is 0 Å². The predicted molar refractivity (Wildman–Crippen MR) is 81.0 cm³/mol. The van der Waals surface area contributed by atoms with Crippen molar-refractivity contribution >= 4 is 29.4 Å². The molecule has 0 aliphatic carbocycles. The summed E-state index contributed by atoms with van der Waals surface area (Å²) >= 11 is 0. The van der Waals surface area contributed by atoms with Gasteiger partial charge in [-0.3, -0.25) is 0 Å². The molecule has 6 heteroatoms. The van der Waals surface area contributed by atoms with Gasteiger partial charge in [-0.25, -0.2) is 14.6 Å². The second-order valence-corrected chi connectivity index (χ2v) is 4.29. The number of nitrogens with zero attached hydrogens (tertiary/aromatic N) is 1. The van der Waals surface area contributed by atoms with Crippen LogP contribution in [0.2, 0.25) is 0 Å². The summed E-state index contributed by atoms with van der Waals surface area (Å²) in [4.78, 5) is 27.1. The van der Waals surface area contributed by atoms with Crippen molar-refractivity contribution in [3.05, 3.63) is 41.7 Å². The second-order valence-electron chi connectivity index (χ2n) is 4.29. The van der Waals surface area contributed by atoms with E-state index in [-0.39, 0.29) is 5.71 Å². The molecule has 0 amide bonds. The minimum absolute atomic E-state index is 0.103. The van der Waals surface area contributed by atoms with Gasteiger partial charge in [0.1, 0.15) is 5.69 Å². The van der Waals surface area contributed by atoms with Gasteiger partial charge >= 0.3 is 11.9 Å². The predicted octanol–water partition coefficient (Wildman–Crippen LogP) is 2.41. The highest BCUT2D eigenvalue weighted by Crippen LogP contribution is 2.35. The summed E-state index contributed by atoms with van der Waals surface area (Å²) in [6.45, 7) is 1.74. The first-order valence-electron chi connectivity index (χ1n) is 6.50. The minimum atomic E-state index is -0.575. The van der Waals surface area contributed by atoms with Gasteiger partial charge in [0.2, 0.25) is 0 Å². The molecule has 1 aliphatic heterocycles. The highest BCUT2D eigenvalue weighted by Gasteiger charge is 2.24. The van der Waals surface area contributed by atoms with Crippen LogP contribution in [0.4, 0.5) is 5.69 Å². The maximum atomic E-state index is 11.7. The normalized spacial score (nSPS) is 15.0. The number of fused-ring (bicyclic) bond motifs is 1. The van der Waals surface area contributed by atoms with Gasteiger partial charge in [-0.1, -0.05) is 6.07 Å². The fourth-order valence-corrected chi connectivity index (χ4v) is 1.82. The van der Waals surface area contributed by atoms with E-state index in [2.05, 4.69) is 9.73 Å². The van der Waals surface area contributed by atoms with Crippen LogP contribution in [0.3, 0.4) is 0 Å². The summed E-state index contributed by atoms with van der Waals surface area (Å²) in [5.74, 6) is -0.161. The monoisotopic (exact) mass is 301 g/mol. The van der Waals surface area contributed by atoms with E-state index in [4.69, 9.17) is 9.47 Å². The lowest BCUT2D eigenvalue weighted by molar-refractivity contribution is -0.135. The van der Waals surface area contributed by atoms with E-state index in [1.165, 1.54) is 20.3 Å². The van der Waals surface area contributed by atoms with E-state index in [1.807, 2.05) is 0 Å². The number of rotatable bonds is 3. The lowest BCUT2D eigenvalue weighted by Crippen LogP contribution is -2.23. The number of hydrogen-bond acceptors (Lipinski definition) is 6. The molecule has 1 aromatic rings. The summed E-state index contributed by atoms with van der Waals surface area (Å²) in [6, 6.07) is 5.18. The summed E-state index contributed by atoms with van der Waals surface area (Å²) in [6.07, 6.45) is 4.53. The number of hydrogen-bond donors (Lipinski definition) is 0. The first kappa shape index (κ1) is 15.5. The standard InChI is InChI=1S/C16H15NO5/c1-4-12-15(16(19)21-3)17-11-9-10(5-7-13(11)22-12)6-8-14(18)20-2/h4-9H,1-3H3/b8-6+,12-4+. The fourth-order valence-electron chi connectivity index (χ4n) is 1.82. The molecular weight excluding hydrogens is 286 g/mol.